The molecule has 3 heteroatoms. The summed E-state index contributed by atoms with van der Waals surface area (Å²) in [5, 5.41) is 10.9. The SMILES string of the molecule is C[C@]12CCC[C@]3(C(=O)OC1)[C@@H]2CC[C@@]12CC(CC[C@H]13)[C@](C)(O)C2. The Balaban J connectivity index is 1.63. The Hall–Kier alpha value is -0.570. The molecular weight excluding hydrogens is 288 g/mol. The van der Waals surface area contributed by atoms with Crippen LogP contribution in [0.3, 0.4) is 0 Å². The molecule has 1 saturated heterocycles. The van der Waals surface area contributed by atoms with Crippen LogP contribution in [0.25, 0.3) is 0 Å². The van der Waals surface area contributed by atoms with Crippen LogP contribution in [0, 0.1) is 34.0 Å². The molecule has 0 aromatic carbocycles. The van der Waals surface area contributed by atoms with E-state index in [0.717, 1.165) is 32.1 Å². The number of ether oxygens (including phenoxy) is 1. The molecule has 0 radical (unpaired) electrons. The number of carbonyl (C=O) groups excluding carboxylic acids is 1. The Kier molecular flexibility index (Phi) is 2.66. The first-order valence-electron chi connectivity index (χ1n) is 9.72. The standard InChI is InChI=1S/C20H30O3/c1-17-7-3-8-20(16(21)23-12-17)14(17)6-9-19-10-13(4-5-15(19)20)18(2,22)11-19/h13-15,22H,3-12H2,1-2H3/t13?,14-,15-,17+,18-,19+,20+/m1/s1. The van der Waals surface area contributed by atoms with Crippen molar-refractivity contribution in [3.8, 4) is 0 Å². The highest BCUT2D eigenvalue weighted by atomic mass is 16.5. The summed E-state index contributed by atoms with van der Waals surface area (Å²) in [5.41, 5.74) is -0.340. The predicted molar refractivity (Wildman–Crippen MR) is 86.6 cm³/mol. The van der Waals surface area contributed by atoms with Crippen LogP contribution in [0.4, 0.5) is 0 Å². The van der Waals surface area contributed by atoms with Crippen LogP contribution < -0.4 is 0 Å². The van der Waals surface area contributed by atoms with Gasteiger partial charge in [-0.25, -0.2) is 0 Å². The number of hydrogen-bond donors (Lipinski definition) is 1. The molecule has 23 heavy (non-hydrogen) atoms. The van der Waals surface area contributed by atoms with E-state index in [1.165, 1.54) is 25.7 Å². The summed E-state index contributed by atoms with van der Waals surface area (Å²) in [4.78, 5) is 13.1. The van der Waals surface area contributed by atoms with Crippen LogP contribution in [0.1, 0.15) is 71.6 Å². The van der Waals surface area contributed by atoms with E-state index in [4.69, 9.17) is 4.74 Å². The van der Waals surface area contributed by atoms with Crippen molar-refractivity contribution in [3.05, 3.63) is 0 Å². The summed E-state index contributed by atoms with van der Waals surface area (Å²) >= 11 is 0. The van der Waals surface area contributed by atoms with Crippen molar-refractivity contribution in [3.63, 3.8) is 0 Å². The molecule has 1 spiro atoms. The van der Waals surface area contributed by atoms with Gasteiger partial charge in [0.05, 0.1) is 17.6 Å². The van der Waals surface area contributed by atoms with Gasteiger partial charge in [-0.2, -0.15) is 0 Å². The molecule has 4 aliphatic carbocycles. The smallest absolute Gasteiger partial charge is 0.312 e. The highest BCUT2D eigenvalue weighted by Gasteiger charge is 2.72. The quantitative estimate of drug-likeness (QED) is 0.693. The van der Waals surface area contributed by atoms with E-state index >= 15 is 0 Å². The van der Waals surface area contributed by atoms with E-state index in [1.54, 1.807) is 0 Å². The van der Waals surface area contributed by atoms with E-state index in [9.17, 15) is 9.90 Å². The van der Waals surface area contributed by atoms with Crippen LogP contribution >= 0.6 is 0 Å². The van der Waals surface area contributed by atoms with Crippen molar-refractivity contribution < 1.29 is 14.6 Å². The van der Waals surface area contributed by atoms with Gasteiger partial charge in [-0.3, -0.25) is 4.79 Å². The minimum absolute atomic E-state index is 0.119. The van der Waals surface area contributed by atoms with Crippen LogP contribution in [0.5, 0.6) is 0 Å². The first kappa shape index (κ1) is 14.7. The van der Waals surface area contributed by atoms with Gasteiger partial charge in [0.2, 0.25) is 0 Å². The second-order valence-corrected chi connectivity index (χ2v) is 10.1. The maximum atomic E-state index is 13.1. The average molecular weight is 318 g/mol. The summed E-state index contributed by atoms with van der Waals surface area (Å²) < 4.78 is 5.81. The molecule has 0 aromatic rings. The van der Waals surface area contributed by atoms with Crippen molar-refractivity contribution in [2.75, 3.05) is 6.61 Å². The zero-order valence-electron chi connectivity index (χ0n) is 14.6. The summed E-state index contributed by atoms with van der Waals surface area (Å²) in [6.07, 6.45) is 10.1. The van der Waals surface area contributed by atoms with Gasteiger partial charge >= 0.3 is 5.97 Å². The van der Waals surface area contributed by atoms with Gasteiger partial charge in [-0.1, -0.05) is 13.3 Å². The van der Waals surface area contributed by atoms with Gasteiger partial charge in [-0.05, 0) is 81.5 Å². The molecule has 3 nitrogen and oxygen atoms in total. The lowest BCUT2D eigenvalue weighted by molar-refractivity contribution is -0.232. The maximum Gasteiger partial charge on any atom is 0.312 e. The van der Waals surface area contributed by atoms with Crippen molar-refractivity contribution in [2.24, 2.45) is 34.0 Å². The van der Waals surface area contributed by atoms with Crippen LogP contribution in [0.15, 0.2) is 0 Å². The molecule has 4 bridgehead atoms. The Bertz CT molecular complexity index is 569. The Labute approximate surface area is 139 Å². The molecule has 1 N–H and O–H groups in total. The molecule has 7 atom stereocenters. The number of carbonyl (C=O) groups is 1. The third kappa shape index (κ3) is 1.59. The third-order valence-electron chi connectivity index (χ3n) is 9.05. The molecule has 1 unspecified atom stereocenters. The molecule has 4 saturated carbocycles. The fourth-order valence-electron chi connectivity index (χ4n) is 8.30. The Morgan fingerprint density at radius 2 is 1.91 bits per heavy atom. The van der Waals surface area contributed by atoms with Gasteiger partial charge < -0.3 is 9.84 Å². The predicted octanol–water partition coefficient (Wildman–Crippen LogP) is 3.69. The number of esters is 1. The van der Waals surface area contributed by atoms with Gasteiger partial charge in [0, 0.05) is 5.41 Å². The molecule has 128 valence electrons. The Morgan fingerprint density at radius 3 is 2.74 bits per heavy atom. The first-order chi connectivity index (χ1) is 10.8. The topological polar surface area (TPSA) is 46.5 Å². The maximum absolute atomic E-state index is 13.1. The monoisotopic (exact) mass is 318 g/mol. The van der Waals surface area contributed by atoms with Crippen molar-refractivity contribution in [1.29, 1.82) is 0 Å². The van der Waals surface area contributed by atoms with Crippen molar-refractivity contribution in [1.82, 2.24) is 0 Å². The molecule has 1 heterocycles. The van der Waals surface area contributed by atoms with Crippen LogP contribution in [-0.2, 0) is 9.53 Å². The van der Waals surface area contributed by atoms with Crippen LogP contribution in [-0.4, -0.2) is 23.3 Å². The summed E-state index contributed by atoms with van der Waals surface area (Å²) in [6, 6.07) is 0. The molecule has 1 aliphatic heterocycles. The number of hydrogen-bond acceptors (Lipinski definition) is 3. The van der Waals surface area contributed by atoms with E-state index in [1.807, 2.05) is 6.92 Å². The van der Waals surface area contributed by atoms with Gasteiger partial charge in [0.25, 0.3) is 0 Å². The molecule has 5 fully saturated rings. The lowest BCUT2D eigenvalue weighted by Gasteiger charge is -2.65. The van der Waals surface area contributed by atoms with E-state index < -0.39 is 5.60 Å². The molecule has 5 aliphatic rings. The number of rotatable bonds is 0. The number of fused-ring (bicyclic) bond motifs is 1. The third-order valence-corrected chi connectivity index (χ3v) is 9.05. The summed E-state index contributed by atoms with van der Waals surface area (Å²) in [5.74, 6) is 1.53. The lowest BCUT2D eigenvalue weighted by atomic mass is 9.39. The highest BCUT2D eigenvalue weighted by Crippen LogP contribution is 2.74. The lowest BCUT2D eigenvalue weighted by Crippen LogP contribution is -2.65. The summed E-state index contributed by atoms with van der Waals surface area (Å²) in [6.45, 7) is 5.05. The Morgan fingerprint density at radius 1 is 1.09 bits per heavy atom. The first-order valence-corrected chi connectivity index (χ1v) is 9.72. The normalized spacial score (nSPS) is 60.7. The largest absolute Gasteiger partial charge is 0.465 e. The second-order valence-electron chi connectivity index (χ2n) is 10.1. The zero-order valence-corrected chi connectivity index (χ0v) is 14.6. The zero-order chi connectivity index (χ0) is 16.1. The van der Waals surface area contributed by atoms with E-state index in [2.05, 4.69) is 6.92 Å². The highest BCUT2D eigenvalue weighted by molar-refractivity contribution is 5.79. The van der Waals surface area contributed by atoms with Gasteiger partial charge in [-0.15, -0.1) is 0 Å². The summed E-state index contributed by atoms with van der Waals surface area (Å²) in [7, 11) is 0. The fraction of sp³-hybridized carbons (Fsp3) is 0.950. The number of cyclic esters (lactones) is 1. The van der Waals surface area contributed by atoms with E-state index in [0.29, 0.717) is 24.4 Å². The molecular formula is C20H30O3. The van der Waals surface area contributed by atoms with Crippen LogP contribution in [0.2, 0.25) is 0 Å². The van der Waals surface area contributed by atoms with Crippen molar-refractivity contribution in [2.45, 2.75) is 77.2 Å². The van der Waals surface area contributed by atoms with E-state index in [-0.39, 0.29) is 22.2 Å². The van der Waals surface area contributed by atoms with Crippen molar-refractivity contribution >= 4 is 5.97 Å². The fourth-order valence-corrected chi connectivity index (χ4v) is 8.30. The minimum atomic E-state index is -0.519. The second kappa shape index (κ2) is 4.15. The molecule has 0 aromatic heterocycles. The number of aliphatic hydroxyl groups is 1. The average Bonchev–Trinajstić information content (AvgIpc) is 2.68. The molecule has 5 rings (SSSR count). The minimum Gasteiger partial charge on any atom is -0.465 e. The van der Waals surface area contributed by atoms with Gasteiger partial charge in [0.1, 0.15) is 0 Å². The van der Waals surface area contributed by atoms with Gasteiger partial charge in [0.15, 0.2) is 0 Å². The molecule has 0 amide bonds.